The number of nitrogens with zero attached hydrogens (tertiary/aromatic N) is 2. The van der Waals surface area contributed by atoms with Crippen LogP contribution >= 0.6 is 0 Å². The highest BCUT2D eigenvalue weighted by atomic mass is 16.5. The van der Waals surface area contributed by atoms with E-state index in [-0.39, 0.29) is 12.1 Å². The smallest absolute Gasteiger partial charge is 0.317 e. The normalized spacial score (nSPS) is 24.5. The first-order valence-corrected chi connectivity index (χ1v) is 9.28. The largest absolute Gasteiger partial charge is 0.390 e. The number of morpholine rings is 1. The highest BCUT2D eigenvalue weighted by Crippen LogP contribution is 2.17. The summed E-state index contributed by atoms with van der Waals surface area (Å²) in [5.41, 5.74) is 2.55. The van der Waals surface area contributed by atoms with Crippen molar-refractivity contribution in [2.75, 3.05) is 45.9 Å². The highest BCUT2D eigenvalue weighted by molar-refractivity contribution is 5.74. The van der Waals surface area contributed by atoms with Crippen molar-refractivity contribution in [2.45, 2.75) is 31.9 Å². The third-order valence-electron chi connectivity index (χ3n) is 5.18. The number of aliphatic hydroxyl groups is 1. The quantitative estimate of drug-likeness (QED) is 0.830. The van der Waals surface area contributed by atoms with Crippen LogP contribution in [0, 0.1) is 0 Å². The van der Waals surface area contributed by atoms with E-state index in [9.17, 15) is 9.90 Å². The first kappa shape index (κ1) is 18.2. The van der Waals surface area contributed by atoms with Gasteiger partial charge < -0.3 is 20.1 Å². The number of urea groups is 1. The van der Waals surface area contributed by atoms with Gasteiger partial charge in [-0.3, -0.25) is 4.90 Å². The Morgan fingerprint density at radius 3 is 2.56 bits per heavy atom. The van der Waals surface area contributed by atoms with Crippen LogP contribution in [0.2, 0.25) is 0 Å². The van der Waals surface area contributed by atoms with Crippen LogP contribution in [-0.4, -0.2) is 79.0 Å². The van der Waals surface area contributed by atoms with Gasteiger partial charge in [-0.1, -0.05) is 31.2 Å². The molecule has 2 amide bonds. The molecule has 138 valence electrons. The molecular formula is C19H29N3O3. The Labute approximate surface area is 149 Å². The summed E-state index contributed by atoms with van der Waals surface area (Å²) < 4.78 is 5.36. The van der Waals surface area contributed by atoms with Gasteiger partial charge in [0.1, 0.15) is 0 Å². The number of carbonyl (C=O) groups is 1. The first-order chi connectivity index (χ1) is 12.2. The average molecular weight is 347 g/mol. The van der Waals surface area contributed by atoms with Crippen molar-refractivity contribution >= 4 is 6.03 Å². The van der Waals surface area contributed by atoms with Crippen molar-refractivity contribution in [1.29, 1.82) is 0 Å². The molecule has 0 aliphatic carbocycles. The molecule has 2 heterocycles. The molecule has 2 aliphatic rings. The molecule has 2 atom stereocenters. The van der Waals surface area contributed by atoms with Gasteiger partial charge in [0.2, 0.25) is 0 Å². The van der Waals surface area contributed by atoms with E-state index in [1.54, 1.807) is 4.90 Å². The predicted octanol–water partition coefficient (Wildman–Crippen LogP) is 0.878. The monoisotopic (exact) mass is 347 g/mol. The Morgan fingerprint density at radius 2 is 1.88 bits per heavy atom. The Kier molecular flexibility index (Phi) is 6.29. The van der Waals surface area contributed by atoms with Gasteiger partial charge in [0.05, 0.1) is 25.4 Å². The molecule has 3 rings (SSSR count). The van der Waals surface area contributed by atoms with Gasteiger partial charge in [-0.25, -0.2) is 4.79 Å². The average Bonchev–Trinajstić information content (AvgIpc) is 3.05. The van der Waals surface area contributed by atoms with Crippen LogP contribution in [0.5, 0.6) is 0 Å². The lowest BCUT2D eigenvalue weighted by Gasteiger charge is -2.33. The van der Waals surface area contributed by atoms with Crippen LogP contribution in [0.3, 0.4) is 0 Å². The molecule has 2 fully saturated rings. The summed E-state index contributed by atoms with van der Waals surface area (Å²) in [7, 11) is 0. The maximum atomic E-state index is 12.4. The lowest BCUT2D eigenvalue weighted by molar-refractivity contribution is -0.00607. The van der Waals surface area contributed by atoms with E-state index in [2.05, 4.69) is 41.4 Å². The van der Waals surface area contributed by atoms with Crippen molar-refractivity contribution in [2.24, 2.45) is 0 Å². The molecule has 0 unspecified atom stereocenters. The molecular weight excluding hydrogens is 318 g/mol. The summed E-state index contributed by atoms with van der Waals surface area (Å²) in [6.45, 7) is 6.79. The Hall–Kier alpha value is -1.63. The van der Waals surface area contributed by atoms with Gasteiger partial charge in [-0.05, 0) is 24.0 Å². The van der Waals surface area contributed by atoms with E-state index in [0.717, 1.165) is 25.9 Å². The maximum absolute atomic E-state index is 12.4. The van der Waals surface area contributed by atoms with Crippen molar-refractivity contribution in [3.05, 3.63) is 35.4 Å². The molecule has 0 bridgehead atoms. The molecule has 1 aromatic rings. The number of β-amino-alcohol motifs (C(OH)–C–C–N with tert-alkyl or cyclic N) is 1. The number of hydrogen-bond acceptors (Lipinski definition) is 4. The van der Waals surface area contributed by atoms with Crippen molar-refractivity contribution in [3.8, 4) is 0 Å². The zero-order chi connectivity index (χ0) is 17.6. The topological polar surface area (TPSA) is 65.0 Å². The summed E-state index contributed by atoms with van der Waals surface area (Å²) in [6, 6.07) is 8.47. The molecule has 6 nitrogen and oxygen atoms in total. The molecule has 2 aliphatic heterocycles. The molecule has 25 heavy (non-hydrogen) atoms. The van der Waals surface area contributed by atoms with Crippen LogP contribution < -0.4 is 5.32 Å². The van der Waals surface area contributed by atoms with Crippen LogP contribution in [-0.2, 0) is 17.6 Å². The van der Waals surface area contributed by atoms with Crippen LogP contribution in [0.4, 0.5) is 4.79 Å². The number of ether oxygens (including phenoxy) is 1. The molecule has 0 spiro atoms. The summed E-state index contributed by atoms with van der Waals surface area (Å²) in [4.78, 5) is 16.3. The SMILES string of the molecule is CCc1ccc(CCNC(=O)N2C[C@H](O)[C@@H](N3CCOCC3)C2)cc1. The third kappa shape index (κ3) is 4.71. The minimum absolute atomic E-state index is 0.0243. The van der Waals surface area contributed by atoms with Crippen LogP contribution in [0.25, 0.3) is 0 Å². The summed E-state index contributed by atoms with van der Waals surface area (Å²) in [6.07, 6.45) is 1.38. The second-order valence-electron chi connectivity index (χ2n) is 6.84. The number of benzene rings is 1. The van der Waals surface area contributed by atoms with E-state index in [4.69, 9.17) is 4.74 Å². The predicted molar refractivity (Wildman–Crippen MR) is 96.7 cm³/mol. The second kappa shape index (κ2) is 8.65. The number of aliphatic hydroxyl groups excluding tert-OH is 1. The number of nitrogens with one attached hydrogen (secondary N) is 1. The maximum Gasteiger partial charge on any atom is 0.317 e. The number of aryl methyl sites for hydroxylation is 1. The van der Waals surface area contributed by atoms with E-state index in [1.807, 2.05) is 0 Å². The molecule has 0 radical (unpaired) electrons. The van der Waals surface area contributed by atoms with E-state index in [0.29, 0.717) is 32.8 Å². The fraction of sp³-hybridized carbons (Fsp3) is 0.632. The molecule has 0 saturated carbocycles. The van der Waals surface area contributed by atoms with E-state index in [1.165, 1.54) is 11.1 Å². The lowest BCUT2D eigenvalue weighted by Crippen LogP contribution is -2.49. The molecule has 2 saturated heterocycles. The third-order valence-corrected chi connectivity index (χ3v) is 5.18. The van der Waals surface area contributed by atoms with Crippen molar-refractivity contribution < 1.29 is 14.6 Å². The number of amides is 2. The van der Waals surface area contributed by atoms with Gasteiger partial charge in [0, 0.05) is 32.7 Å². The van der Waals surface area contributed by atoms with Crippen molar-refractivity contribution in [3.63, 3.8) is 0 Å². The Balaban J connectivity index is 1.43. The van der Waals surface area contributed by atoms with Gasteiger partial charge in [0.15, 0.2) is 0 Å². The van der Waals surface area contributed by atoms with Crippen LogP contribution in [0.15, 0.2) is 24.3 Å². The number of carbonyl (C=O) groups excluding carboxylic acids is 1. The minimum Gasteiger partial charge on any atom is -0.390 e. The first-order valence-electron chi connectivity index (χ1n) is 9.28. The number of rotatable bonds is 5. The fourth-order valence-corrected chi connectivity index (χ4v) is 3.57. The molecule has 1 aromatic carbocycles. The molecule has 2 N–H and O–H groups in total. The standard InChI is InChI=1S/C19H29N3O3/c1-2-15-3-5-16(6-4-15)7-8-20-19(24)22-13-17(18(23)14-22)21-9-11-25-12-10-21/h3-6,17-18,23H,2,7-14H2,1H3,(H,20,24)/t17-,18-/m0/s1. The number of hydrogen-bond donors (Lipinski definition) is 2. The summed E-state index contributed by atoms with van der Waals surface area (Å²) in [5, 5.41) is 13.3. The minimum atomic E-state index is -0.481. The Morgan fingerprint density at radius 1 is 1.20 bits per heavy atom. The van der Waals surface area contributed by atoms with Gasteiger partial charge in [0.25, 0.3) is 0 Å². The molecule has 0 aromatic heterocycles. The summed E-state index contributed by atoms with van der Waals surface area (Å²) in [5.74, 6) is 0. The molecule has 6 heteroatoms. The van der Waals surface area contributed by atoms with Gasteiger partial charge >= 0.3 is 6.03 Å². The lowest BCUT2D eigenvalue weighted by atomic mass is 10.1. The van der Waals surface area contributed by atoms with Crippen molar-refractivity contribution in [1.82, 2.24) is 15.1 Å². The highest BCUT2D eigenvalue weighted by Gasteiger charge is 2.37. The number of likely N-dealkylation sites (tertiary alicyclic amines) is 1. The van der Waals surface area contributed by atoms with E-state index >= 15 is 0 Å². The fourth-order valence-electron chi connectivity index (χ4n) is 3.57. The van der Waals surface area contributed by atoms with Gasteiger partial charge in [-0.2, -0.15) is 0 Å². The zero-order valence-corrected chi connectivity index (χ0v) is 15.0. The summed E-state index contributed by atoms with van der Waals surface area (Å²) >= 11 is 0. The van der Waals surface area contributed by atoms with Crippen LogP contribution in [0.1, 0.15) is 18.1 Å². The van der Waals surface area contributed by atoms with Gasteiger partial charge in [-0.15, -0.1) is 0 Å². The Bertz CT molecular complexity index is 558. The second-order valence-corrected chi connectivity index (χ2v) is 6.84. The zero-order valence-electron chi connectivity index (χ0n) is 15.0. The van der Waals surface area contributed by atoms with E-state index < -0.39 is 6.10 Å².